The summed E-state index contributed by atoms with van der Waals surface area (Å²) in [7, 11) is 3.04. The lowest BCUT2D eigenvalue weighted by atomic mass is 9.94. The highest BCUT2D eigenvalue weighted by Crippen LogP contribution is 2.45. The van der Waals surface area contributed by atoms with Crippen molar-refractivity contribution in [2.75, 3.05) is 53.6 Å². The summed E-state index contributed by atoms with van der Waals surface area (Å²) < 4.78 is 18.3. The van der Waals surface area contributed by atoms with E-state index in [0.717, 1.165) is 18.8 Å². The fourth-order valence-electron chi connectivity index (χ4n) is 5.25. The van der Waals surface area contributed by atoms with E-state index in [1.807, 2.05) is 37.3 Å². The molecule has 2 fully saturated rings. The maximum Gasteiger partial charge on any atom is 0.295 e. The number of aliphatic hydroxyl groups is 1. The topological polar surface area (TPSA) is 106 Å². The van der Waals surface area contributed by atoms with E-state index in [1.54, 1.807) is 22.9 Å². The Morgan fingerprint density at radius 3 is 2.46 bits per heavy atom. The molecule has 2 aliphatic rings. The van der Waals surface area contributed by atoms with Crippen LogP contribution in [0.25, 0.3) is 11.4 Å². The number of carbonyl (C=O) groups is 2. The monoisotopic (exact) mass is 532 g/mol. The van der Waals surface area contributed by atoms with Crippen molar-refractivity contribution >= 4 is 17.4 Å². The van der Waals surface area contributed by atoms with Gasteiger partial charge in [0.25, 0.3) is 11.7 Å². The van der Waals surface area contributed by atoms with E-state index in [4.69, 9.17) is 14.2 Å². The normalized spacial score (nSPS) is 19.5. The Bertz CT molecular complexity index is 1390. The van der Waals surface area contributed by atoms with Crippen molar-refractivity contribution in [1.82, 2.24) is 19.6 Å². The summed E-state index contributed by atoms with van der Waals surface area (Å²) in [6, 6.07) is 13.9. The van der Waals surface area contributed by atoms with Crippen molar-refractivity contribution in [2.45, 2.75) is 13.0 Å². The molecule has 5 rings (SSSR count). The van der Waals surface area contributed by atoms with E-state index in [-0.39, 0.29) is 17.9 Å². The SMILES string of the molecule is COc1cccc([C@H]2C(=C(O)c3cnn(-c4ccccc4)c3C)C(=O)C(=O)N2CCN2CCOCC2)c1OC. The molecule has 2 saturated heterocycles. The van der Waals surface area contributed by atoms with Gasteiger partial charge in [-0.15, -0.1) is 0 Å². The zero-order chi connectivity index (χ0) is 27.5. The van der Waals surface area contributed by atoms with Crippen molar-refractivity contribution in [3.05, 3.63) is 77.1 Å². The minimum Gasteiger partial charge on any atom is -0.507 e. The molecule has 0 radical (unpaired) electrons. The summed E-state index contributed by atoms with van der Waals surface area (Å²) >= 11 is 0. The first-order valence-corrected chi connectivity index (χ1v) is 12.9. The number of benzene rings is 2. The van der Waals surface area contributed by atoms with Crippen LogP contribution in [0.15, 0.2) is 60.3 Å². The Hall–Kier alpha value is -4.15. The van der Waals surface area contributed by atoms with Gasteiger partial charge in [0.15, 0.2) is 11.5 Å². The molecule has 39 heavy (non-hydrogen) atoms. The fraction of sp³-hybridized carbons (Fsp3) is 0.345. The average Bonchev–Trinajstić information content (AvgIpc) is 3.48. The lowest BCUT2D eigenvalue weighted by Gasteiger charge is -2.31. The minimum atomic E-state index is -0.879. The van der Waals surface area contributed by atoms with Crippen LogP contribution in [-0.4, -0.2) is 90.0 Å². The summed E-state index contributed by atoms with van der Waals surface area (Å²) in [4.78, 5) is 30.7. The molecule has 10 nitrogen and oxygen atoms in total. The number of ketones is 1. The highest BCUT2D eigenvalue weighted by Gasteiger charge is 2.47. The number of rotatable bonds is 8. The summed E-state index contributed by atoms with van der Waals surface area (Å²) in [6.07, 6.45) is 1.51. The predicted octanol–water partition coefficient (Wildman–Crippen LogP) is 2.95. The maximum absolute atomic E-state index is 13.6. The molecule has 0 aliphatic carbocycles. The molecule has 3 aromatic rings. The Balaban J connectivity index is 1.62. The van der Waals surface area contributed by atoms with Crippen molar-refractivity contribution in [3.8, 4) is 17.2 Å². The molecule has 2 aliphatic heterocycles. The van der Waals surface area contributed by atoms with E-state index < -0.39 is 17.7 Å². The smallest absolute Gasteiger partial charge is 0.295 e. The van der Waals surface area contributed by atoms with Crippen LogP contribution in [0.5, 0.6) is 11.5 Å². The third-order valence-corrected chi connectivity index (χ3v) is 7.29. The van der Waals surface area contributed by atoms with Crippen molar-refractivity contribution in [2.24, 2.45) is 0 Å². The summed E-state index contributed by atoms with van der Waals surface area (Å²) in [6.45, 7) is 5.39. The third-order valence-electron chi connectivity index (χ3n) is 7.29. The summed E-state index contributed by atoms with van der Waals surface area (Å²) in [5, 5.41) is 16.1. The Morgan fingerprint density at radius 1 is 1.03 bits per heavy atom. The Morgan fingerprint density at radius 2 is 1.77 bits per heavy atom. The van der Waals surface area contributed by atoms with Gasteiger partial charge in [0.05, 0.1) is 62.2 Å². The average molecular weight is 533 g/mol. The molecule has 10 heteroatoms. The second-order valence-electron chi connectivity index (χ2n) is 9.42. The van der Waals surface area contributed by atoms with Crippen molar-refractivity contribution in [1.29, 1.82) is 0 Å². The number of ether oxygens (including phenoxy) is 3. The number of Topliss-reactive ketones (excluding diaryl/α,β-unsaturated/α-hetero) is 1. The number of aromatic nitrogens is 2. The van der Waals surface area contributed by atoms with E-state index >= 15 is 0 Å². The molecule has 0 unspecified atom stereocenters. The lowest BCUT2D eigenvalue weighted by molar-refractivity contribution is -0.140. The second kappa shape index (κ2) is 11.3. The highest BCUT2D eigenvalue weighted by atomic mass is 16.5. The van der Waals surface area contributed by atoms with Gasteiger partial charge in [0.2, 0.25) is 0 Å². The van der Waals surface area contributed by atoms with E-state index in [1.165, 1.54) is 25.3 Å². The molecule has 1 N–H and O–H groups in total. The van der Waals surface area contributed by atoms with Crippen molar-refractivity contribution < 1.29 is 28.9 Å². The first kappa shape index (κ1) is 26.5. The third kappa shape index (κ3) is 4.88. The van der Waals surface area contributed by atoms with Gasteiger partial charge in [-0.3, -0.25) is 14.5 Å². The molecule has 204 valence electrons. The van der Waals surface area contributed by atoms with Crippen LogP contribution < -0.4 is 9.47 Å². The van der Waals surface area contributed by atoms with Crippen LogP contribution in [0.4, 0.5) is 0 Å². The standard InChI is InChI=1S/C29H32N4O6/c1-19-22(18-30-33(19)20-8-5-4-6-9-20)26(34)24-25(21-10-7-11-23(37-2)28(21)38-3)32(29(36)27(24)35)13-12-31-14-16-39-17-15-31/h4-11,18,25,34H,12-17H2,1-3H3/t25-/m0/s1. The quantitative estimate of drug-likeness (QED) is 0.268. The number of hydrogen-bond acceptors (Lipinski definition) is 8. The second-order valence-corrected chi connectivity index (χ2v) is 9.42. The number of methoxy groups -OCH3 is 2. The van der Waals surface area contributed by atoms with E-state index in [0.29, 0.717) is 48.1 Å². The molecule has 0 spiro atoms. The lowest BCUT2D eigenvalue weighted by Crippen LogP contribution is -2.42. The number of amides is 1. The zero-order valence-electron chi connectivity index (χ0n) is 22.3. The van der Waals surface area contributed by atoms with Crippen LogP contribution in [0, 0.1) is 6.92 Å². The van der Waals surface area contributed by atoms with Gasteiger partial charge in [-0.2, -0.15) is 5.10 Å². The van der Waals surface area contributed by atoms with E-state index in [9.17, 15) is 14.7 Å². The van der Waals surface area contributed by atoms with Gasteiger partial charge >= 0.3 is 0 Å². The summed E-state index contributed by atoms with van der Waals surface area (Å²) in [5.74, 6) is -0.853. The number of nitrogens with zero attached hydrogens (tertiary/aromatic N) is 4. The molecular weight excluding hydrogens is 500 g/mol. The van der Waals surface area contributed by atoms with Crippen LogP contribution in [0.3, 0.4) is 0 Å². The first-order chi connectivity index (χ1) is 19.0. The van der Waals surface area contributed by atoms with Gasteiger partial charge < -0.3 is 24.2 Å². The van der Waals surface area contributed by atoms with Crippen molar-refractivity contribution in [3.63, 3.8) is 0 Å². The van der Waals surface area contributed by atoms with Gasteiger partial charge in [0.1, 0.15) is 5.76 Å². The number of morpholine rings is 1. The Labute approximate surface area is 227 Å². The molecule has 1 amide bonds. The van der Waals surface area contributed by atoms with Gasteiger partial charge in [-0.05, 0) is 25.1 Å². The van der Waals surface area contributed by atoms with Crippen LogP contribution in [0.1, 0.15) is 22.9 Å². The molecule has 3 heterocycles. The van der Waals surface area contributed by atoms with Gasteiger partial charge in [-0.1, -0.05) is 30.3 Å². The molecular formula is C29H32N4O6. The number of carbonyl (C=O) groups excluding carboxylic acids is 2. The largest absolute Gasteiger partial charge is 0.507 e. The van der Waals surface area contributed by atoms with Crippen LogP contribution >= 0.6 is 0 Å². The Kier molecular flexibility index (Phi) is 7.67. The van der Waals surface area contributed by atoms with Gasteiger partial charge in [-0.25, -0.2) is 4.68 Å². The first-order valence-electron chi connectivity index (χ1n) is 12.9. The number of likely N-dealkylation sites (tertiary alicyclic amines) is 1. The zero-order valence-corrected chi connectivity index (χ0v) is 22.3. The van der Waals surface area contributed by atoms with Crippen LogP contribution in [-0.2, 0) is 14.3 Å². The molecule has 0 saturated carbocycles. The minimum absolute atomic E-state index is 0.00996. The fourth-order valence-corrected chi connectivity index (χ4v) is 5.25. The predicted molar refractivity (Wildman–Crippen MR) is 144 cm³/mol. The maximum atomic E-state index is 13.6. The molecule has 2 aromatic carbocycles. The molecule has 0 bridgehead atoms. The molecule has 1 atom stereocenters. The van der Waals surface area contributed by atoms with E-state index in [2.05, 4.69) is 10.00 Å². The molecule has 1 aromatic heterocycles. The number of para-hydroxylation sites is 2. The summed E-state index contributed by atoms with van der Waals surface area (Å²) in [5.41, 5.74) is 2.36. The van der Waals surface area contributed by atoms with Gasteiger partial charge in [0, 0.05) is 31.7 Å². The van der Waals surface area contributed by atoms with Crippen LogP contribution in [0.2, 0.25) is 0 Å². The number of hydrogen-bond donors (Lipinski definition) is 1. The highest BCUT2D eigenvalue weighted by molar-refractivity contribution is 6.46. The number of aliphatic hydroxyl groups excluding tert-OH is 1.